The number of carbonyl (C=O) groups is 1. The summed E-state index contributed by atoms with van der Waals surface area (Å²) in [4.78, 5) is 21.5. The summed E-state index contributed by atoms with van der Waals surface area (Å²) in [6.07, 6.45) is 1.11. The molecule has 4 rings (SSSR count). The van der Waals surface area contributed by atoms with Crippen LogP contribution in [0.4, 0.5) is 4.79 Å². The Morgan fingerprint density at radius 3 is 2.91 bits per heavy atom. The van der Waals surface area contributed by atoms with Gasteiger partial charge in [-0.15, -0.1) is 0 Å². The van der Waals surface area contributed by atoms with Gasteiger partial charge in [-0.3, -0.25) is 4.90 Å². The summed E-state index contributed by atoms with van der Waals surface area (Å²) < 4.78 is 10.3. The highest BCUT2D eigenvalue weighted by Gasteiger charge is 2.44. The van der Waals surface area contributed by atoms with E-state index in [1.165, 1.54) is 5.56 Å². The Hall–Kier alpha value is -2.08. The molecule has 2 aliphatic heterocycles. The van der Waals surface area contributed by atoms with Crippen LogP contribution in [-0.4, -0.2) is 46.3 Å². The SMILES string of the molecule is Cc1ccc2nc(CN3CCC4(CC3)COC(=O)O4)[nH]c2c1. The van der Waals surface area contributed by atoms with Crippen LogP contribution in [0, 0.1) is 6.92 Å². The molecule has 1 aromatic heterocycles. The van der Waals surface area contributed by atoms with Crippen molar-refractivity contribution >= 4 is 17.2 Å². The molecule has 2 aliphatic rings. The molecular weight excluding hydrogens is 282 g/mol. The van der Waals surface area contributed by atoms with Gasteiger partial charge in [-0.1, -0.05) is 6.07 Å². The molecule has 1 spiro atoms. The normalized spacial score (nSPS) is 21.2. The van der Waals surface area contributed by atoms with Crippen LogP contribution in [0.1, 0.15) is 24.2 Å². The first-order valence-corrected chi connectivity index (χ1v) is 7.65. The molecule has 2 saturated heterocycles. The number of ether oxygens (including phenoxy) is 2. The molecule has 0 amide bonds. The minimum atomic E-state index is -0.527. The summed E-state index contributed by atoms with van der Waals surface area (Å²) in [7, 11) is 0. The number of aromatic amines is 1. The van der Waals surface area contributed by atoms with Gasteiger partial charge in [0.15, 0.2) is 5.60 Å². The maximum absolute atomic E-state index is 11.1. The lowest BCUT2D eigenvalue weighted by atomic mass is 9.92. The van der Waals surface area contributed by atoms with Gasteiger partial charge in [0, 0.05) is 25.9 Å². The Kier molecular flexibility index (Phi) is 3.07. The van der Waals surface area contributed by atoms with Crippen LogP contribution < -0.4 is 0 Å². The van der Waals surface area contributed by atoms with E-state index in [0.29, 0.717) is 6.61 Å². The maximum atomic E-state index is 11.1. The Bertz CT molecular complexity index is 716. The van der Waals surface area contributed by atoms with Crippen molar-refractivity contribution < 1.29 is 14.3 Å². The lowest BCUT2D eigenvalue weighted by molar-refractivity contribution is -0.00212. The summed E-state index contributed by atoms with van der Waals surface area (Å²) in [6, 6.07) is 6.24. The fraction of sp³-hybridized carbons (Fsp3) is 0.500. The average Bonchev–Trinajstić information content (AvgIpc) is 3.05. The molecule has 2 fully saturated rings. The van der Waals surface area contributed by atoms with Gasteiger partial charge in [0.2, 0.25) is 0 Å². The first-order valence-electron chi connectivity index (χ1n) is 7.65. The molecule has 3 heterocycles. The number of fused-ring (bicyclic) bond motifs is 1. The molecule has 0 saturated carbocycles. The molecule has 1 N–H and O–H groups in total. The van der Waals surface area contributed by atoms with Crippen LogP contribution >= 0.6 is 0 Å². The topological polar surface area (TPSA) is 67.5 Å². The molecule has 0 atom stereocenters. The van der Waals surface area contributed by atoms with Gasteiger partial charge < -0.3 is 14.5 Å². The molecule has 0 bridgehead atoms. The Morgan fingerprint density at radius 1 is 1.36 bits per heavy atom. The van der Waals surface area contributed by atoms with E-state index in [-0.39, 0.29) is 0 Å². The van der Waals surface area contributed by atoms with Crippen LogP contribution in [0.3, 0.4) is 0 Å². The van der Waals surface area contributed by atoms with Crippen LogP contribution in [-0.2, 0) is 16.0 Å². The minimum absolute atomic E-state index is 0.390. The smallest absolute Gasteiger partial charge is 0.430 e. The number of nitrogens with zero attached hydrogens (tertiary/aromatic N) is 2. The summed E-state index contributed by atoms with van der Waals surface area (Å²) >= 11 is 0. The van der Waals surface area contributed by atoms with Gasteiger partial charge in [-0.2, -0.15) is 0 Å². The number of piperidine rings is 1. The van der Waals surface area contributed by atoms with Crippen molar-refractivity contribution in [2.24, 2.45) is 0 Å². The number of hydrogen-bond acceptors (Lipinski definition) is 5. The monoisotopic (exact) mass is 301 g/mol. The lowest BCUT2D eigenvalue weighted by Gasteiger charge is -2.35. The van der Waals surface area contributed by atoms with E-state index >= 15 is 0 Å². The van der Waals surface area contributed by atoms with Gasteiger partial charge in [-0.25, -0.2) is 9.78 Å². The molecule has 22 heavy (non-hydrogen) atoms. The predicted octanol–water partition coefficient (Wildman–Crippen LogP) is 2.37. The predicted molar refractivity (Wildman–Crippen MR) is 80.5 cm³/mol. The number of aromatic nitrogens is 2. The van der Waals surface area contributed by atoms with E-state index in [4.69, 9.17) is 9.47 Å². The number of cyclic esters (lactones) is 1. The largest absolute Gasteiger partial charge is 0.509 e. The fourth-order valence-electron chi connectivity index (χ4n) is 3.25. The number of H-pyrrole nitrogens is 1. The standard InChI is InChI=1S/C16H19N3O3/c1-11-2-3-12-13(8-11)18-14(17-12)9-19-6-4-16(5-7-19)10-21-15(20)22-16/h2-3,8H,4-7,9-10H2,1H3,(H,17,18). The number of benzene rings is 1. The second-order valence-electron chi connectivity index (χ2n) is 6.30. The van der Waals surface area contributed by atoms with Crippen LogP contribution in [0.15, 0.2) is 18.2 Å². The zero-order chi connectivity index (χ0) is 15.2. The molecule has 6 nitrogen and oxygen atoms in total. The highest BCUT2D eigenvalue weighted by molar-refractivity contribution is 5.75. The Balaban J connectivity index is 1.42. The molecule has 2 aromatic rings. The van der Waals surface area contributed by atoms with E-state index in [9.17, 15) is 4.79 Å². The summed E-state index contributed by atoms with van der Waals surface area (Å²) in [5.41, 5.74) is 2.93. The van der Waals surface area contributed by atoms with Gasteiger partial charge in [-0.05, 0) is 24.6 Å². The maximum Gasteiger partial charge on any atom is 0.509 e. The average molecular weight is 301 g/mol. The third kappa shape index (κ3) is 2.43. The number of rotatable bonds is 2. The van der Waals surface area contributed by atoms with Gasteiger partial charge in [0.25, 0.3) is 0 Å². The third-order valence-corrected chi connectivity index (χ3v) is 4.58. The second-order valence-corrected chi connectivity index (χ2v) is 6.30. The summed E-state index contributed by atoms with van der Waals surface area (Å²) in [5, 5.41) is 0. The van der Waals surface area contributed by atoms with Crippen molar-refractivity contribution in [2.75, 3.05) is 19.7 Å². The molecule has 0 unspecified atom stereocenters. The molecule has 6 heteroatoms. The van der Waals surface area contributed by atoms with Crippen molar-refractivity contribution in [3.05, 3.63) is 29.6 Å². The van der Waals surface area contributed by atoms with Crippen LogP contribution in [0.2, 0.25) is 0 Å². The first-order chi connectivity index (χ1) is 10.6. The second kappa shape index (κ2) is 4.98. The van der Waals surface area contributed by atoms with Crippen LogP contribution in [0.25, 0.3) is 11.0 Å². The summed E-state index contributed by atoms with van der Waals surface area (Å²) in [6.45, 7) is 5.02. The van der Waals surface area contributed by atoms with E-state index in [1.54, 1.807) is 0 Å². The molecule has 116 valence electrons. The quantitative estimate of drug-likeness (QED) is 0.863. The van der Waals surface area contributed by atoms with Crippen molar-refractivity contribution in [1.82, 2.24) is 14.9 Å². The van der Waals surface area contributed by atoms with Gasteiger partial charge in [0.05, 0.1) is 17.6 Å². The Labute approximate surface area is 128 Å². The number of likely N-dealkylation sites (tertiary alicyclic amines) is 1. The molecule has 1 aromatic carbocycles. The van der Waals surface area contributed by atoms with E-state index < -0.39 is 11.8 Å². The van der Waals surface area contributed by atoms with E-state index in [1.807, 2.05) is 6.07 Å². The number of carbonyl (C=O) groups excluding carboxylic acids is 1. The molecular formula is C16H19N3O3. The molecule has 0 aliphatic carbocycles. The van der Waals surface area contributed by atoms with Gasteiger partial charge in [0.1, 0.15) is 12.4 Å². The van der Waals surface area contributed by atoms with Gasteiger partial charge >= 0.3 is 6.16 Å². The first kappa shape index (κ1) is 13.6. The highest BCUT2D eigenvalue weighted by atomic mass is 16.8. The zero-order valence-electron chi connectivity index (χ0n) is 12.6. The number of nitrogens with one attached hydrogen (secondary N) is 1. The minimum Gasteiger partial charge on any atom is -0.430 e. The number of aryl methyl sites for hydroxylation is 1. The highest BCUT2D eigenvalue weighted by Crippen LogP contribution is 2.32. The summed E-state index contributed by atoms with van der Waals surface area (Å²) in [5.74, 6) is 0.983. The fourth-order valence-corrected chi connectivity index (χ4v) is 3.25. The van der Waals surface area contributed by atoms with Crippen LogP contribution in [0.5, 0.6) is 0 Å². The molecule has 0 radical (unpaired) electrons. The Morgan fingerprint density at radius 2 is 2.18 bits per heavy atom. The zero-order valence-corrected chi connectivity index (χ0v) is 12.6. The van der Waals surface area contributed by atoms with Crippen molar-refractivity contribution in [3.8, 4) is 0 Å². The van der Waals surface area contributed by atoms with Crippen molar-refractivity contribution in [1.29, 1.82) is 0 Å². The van der Waals surface area contributed by atoms with E-state index in [2.05, 4.69) is 33.9 Å². The number of hydrogen-bond donors (Lipinski definition) is 1. The lowest BCUT2D eigenvalue weighted by Crippen LogP contribution is -2.45. The third-order valence-electron chi connectivity index (χ3n) is 4.58. The van der Waals surface area contributed by atoms with Crippen molar-refractivity contribution in [2.45, 2.75) is 31.9 Å². The van der Waals surface area contributed by atoms with E-state index in [0.717, 1.165) is 49.3 Å². The number of imidazole rings is 1. The van der Waals surface area contributed by atoms with Crippen molar-refractivity contribution in [3.63, 3.8) is 0 Å².